The molecule has 1 amide bonds. The molecular weight excluding hydrogens is 296 g/mol. The first-order valence-corrected chi connectivity index (χ1v) is 6.79. The fourth-order valence-electron chi connectivity index (χ4n) is 1.92. The van der Waals surface area contributed by atoms with Crippen molar-refractivity contribution in [2.24, 2.45) is 11.7 Å². The molecule has 5 heteroatoms. The highest BCUT2D eigenvalue weighted by atomic mass is 79.9. The van der Waals surface area contributed by atoms with Crippen LogP contribution in [0.2, 0.25) is 0 Å². The van der Waals surface area contributed by atoms with E-state index in [1.165, 1.54) is 0 Å². The van der Waals surface area contributed by atoms with E-state index < -0.39 is 0 Å². The molecular formula is C13H17BrN2O2. The van der Waals surface area contributed by atoms with Crippen LogP contribution in [0.15, 0.2) is 22.7 Å². The van der Waals surface area contributed by atoms with Gasteiger partial charge in [0.15, 0.2) is 0 Å². The summed E-state index contributed by atoms with van der Waals surface area (Å²) in [6.07, 6.45) is 2.31. The van der Waals surface area contributed by atoms with Crippen LogP contribution in [0.25, 0.3) is 0 Å². The lowest BCUT2D eigenvalue weighted by atomic mass is 10.1. The Labute approximate surface area is 115 Å². The number of benzene rings is 1. The first-order chi connectivity index (χ1) is 8.65. The molecule has 1 aromatic rings. The maximum absolute atomic E-state index is 12.2. The number of hydrogen-bond acceptors (Lipinski definition) is 3. The second kappa shape index (κ2) is 5.71. The van der Waals surface area contributed by atoms with Gasteiger partial charge >= 0.3 is 0 Å². The number of halogens is 1. The van der Waals surface area contributed by atoms with Crippen LogP contribution in [0.1, 0.15) is 23.2 Å². The van der Waals surface area contributed by atoms with Gasteiger partial charge in [-0.15, -0.1) is 0 Å². The van der Waals surface area contributed by atoms with E-state index in [1.807, 2.05) is 12.1 Å². The van der Waals surface area contributed by atoms with Crippen molar-refractivity contribution in [3.8, 4) is 5.75 Å². The number of hydrogen-bond donors (Lipinski definition) is 2. The molecule has 1 atom stereocenters. The van der Waals surface area contributed by atoms with E-state index in [0.717, 1.165) is 17.3 Å². The maximum Gasteiger partial charge on any atom is 0.252 e. The van der Waals surface area contributed by atoms with Crippen molar-refractivity contribution >= 4 is 21.8 Å². The van der Waals surface area contributed by atoms with E-state index >= 15 is 0 Å². The Hall–Kier alpha value is -1.07. The number of carbonyl (C=O) groups excluding carboxylic acids is 1. The third kappa shape index (κ3) is 3.03. The average molecular weight is 313 g/mol. The molecule has 0 aromatic heterocycles. The summed E-state index contributed by atoms with van der Waals surface area (Å²) in [7, 11) is 1.58. The van der Waals surface area contributed by atoms with Crippen LogP contribution in [0.4, 0.5) is 0 Å². The first kappa shape index (κ1) is 13.4. The van der Waals surface area contributed by atoms with Crippen molar-refractivity contribution in [1.82, 2.24) is 5.32 Å². The molecule has 1 saturated carbocycles. The van der Waals surface area contributed by atoms with E-state index in [0.29, 0.717) is 23.8 Å². The summed E-state index contributed by atoms with van der Waals surface area (Å²) in [5, 5.41) is 2.99. The van der Waals surface area contributed by atoms with E-state index in [2.05, 4.69) is 21.2 Å². The Kier molecular flexibility index (Phi) is 4.24. The molecule has 2 rings (SSSR count). The lowest BCUT2D eigenvalue weighted by Gasteiger charge is -2.16. The minimum atomic E-state index is -0.108. The van der Waals surface area contributed by atoms with Gasteiger partial charge in [-0.25, -0.2) is 0 Å². The normalized spacial score (nSPS) is 16.2. The Bertz CT molecular complexity index is 447. The number of rotatable bonds is 5. The molecule has 0 radical (unpaired) electrons. The fourth-order valence-corrected chi connectivity index (χ4v) is 2.35. The second-order valence-corrected chi connectivity index (χ2v) is 5.35. The lowest BCUT2D eigenvalue weighted by molar-refractivity contribution is 0.0932. The fraction of sp³-hybridized carbons (Fsp3) is 0.462. The van der Waals surface area contributed by atoms with Crippen LogP contribution >= 0.6 is 15.9 Å². The zero-order valence-electron chi connectivity index (χ0n) is 10.3. The maximum atomic E-state index is 12.2. The van der Waals surface area contributed by atoms with Crippen LogP contribution < -0.4 is 15.8 Å². The highest BCUT2D eigenvalue weighted by Crippen LogP contribution is 2.32. The van der Waals surface area contributed by atoms with Gasteiger partial charge in [0.1, 0.15) is 5.75 Å². The van der Waals surface area contributed by atoms with Gasteiger partial charge in [0.25, 0.3) is 5.91 Å². The van der Waals surface area contributed by atoms with Crippen LogP contribution in [0.3, 0.4) is 0 Å². The third-order valence-electron chi connectivity index (χ3n) is 3.18. The predicted octanol–water partition coefficient (Wildman–Crippen LogP) is 1.92. The Morgan fingerprint density at radius 1 is 1.61 bits per heavy atom. The van der Waals surface area contributed by atoms with Crippen LogP contribution in [-0.4, -0.2) is 25.6 Å². The molecule has 1 aliphatic carbocycles. The number of methoxy groups -OCH3 is 1. The molecule has 18 heavy (non-hydrogen) atoms. The van der Waals surface area contributed by atoms with E-state index in [4.69, 9.17) is 10.5 Å². The molecule has 0 spiro atoms. The molecule has 0 aliphatic heterocycles. The van der Waals surface area contributed by atoms with Crippen LogP contribution in [0, 0.1) is 5.92 Å². The topological polar surface area (TPSA) is 64.3 Å². The number of amides is 1. The minimum Gasteiger partial charge on any atom is -0.497 e. The SMILES string of the molecule is COc1ccc(Br)c(C(=O)NC(CN)C2CC2)c1. The van der Waals surface area contributed by atoms with Gasteiger partial charge in [0.05, 0.1) is 12.7 Å². The van der Waals surface area contributed by atoms with Crippen molar-refractivity contribution in [1.29, 1.82) is 0 Å². The van der Waals surface area contributed by atoms with Crippen molar-refractivity contribution in [3.05, 3.63) is 28.2 Å². The van der Waals surface area contributed by atoms with E-state index in [9.17, 15) is 4.79 Å². The van der Waals surface area contributed by atoms with Gasteiger partial charge in [0.2, 0.25) is 0 Å². The third-order valence-corrected chi connectivity index (χ3v) is 3.87. The summed E-state index contributed by atoms with van der Waals surface area (Å²) in [6, 6.07) is 5.42. The van der Waals surface area contributed by atoms with Gasteiger partial charge in [-0.3, -0.25) is 4.79 Å². The minimum absolute atomic E-state index is 0.0793. The molecule has 98 valence electrons. The molecule has 1 aromatic carbocycles. The molecule has 1 aliphatic rings. The molecule has 4 nitrogen and oxygen atoms in total. The second-order valence-electron chi connectivity index (χ2n) is 4.50. The largest absolute Gasteiger partial charge is 0.497 e. The van der Waals surface area contributed by atoms with Crippen LogP contribution in [0.5, 0.6) is 5.75 Å². The molecule has 1 unspecified atom stereocenters. The molecule has 0 saturated heterocycles. The molecule has 0 heterocycles. The summed E-state index contributed by atoms with van der Waals surface area (Å²) in [6.45, 7) is 0.484. The van der Waals surface area contributed by atoms with E-state index in [-0.39, 0.29) is 11.9 Å². The molecule has 0 bridgehead atoms. The van der Waals surface area contributed by atoms with Gasteiger partial charge in [-0.1, -0.05) is 0 Å². The monoisotopic (exact) mass is 312 g/mol. The standard InChI is InChI=1S/C13H17BrN2O2/c1-18-9-4-5-11(14)10(6-9)13(17)16-12(7-15)8-2-3-8/h4-6,8,12H,2-3,7,15H2,1H3,(H,16,17). The average Bonchev–Trinajstić information content (AvgIpc) is 3.20. The number of ether oxygens (including phenoxy) is 1. The summed E-state index contributed by atoms with van der Waals surface area (Å²) >= 11 is 3.38. The van der Waals surface area contributed by atoms with Crippen molar-refractivity contribution < 1.29 is 9.53 Å². The van der Waals surface area contributed by atoms with Gasteiger partial charge < -0.3 is 15.8 Å². The van der Waals surface area contributed by atoms with Crippen molar-refractivity contribution in [2.45, 2.75) is 18.9 Å². The van der Waals surface area contributed by atoms with Gasteiger partial charge in [0, 0.05) is 17.1 Å². The Balaban J connectivity index is 2.11. The van der Waals surface area contributed by atoms with Crippen molar-refractivity contribution in [2.75, 3.05) is 13.7 Å². The predicted molar refractivity (Wildman–Crippen MR) is 73.7 cm³/mol. The Morgan fingerprint density at radius 3 is 2.89 bits per heavy atom. The highest BCUT2D eigenvalue weighted by molar-refractivity contribution is 9.10. The van der Waals surface area contributed by atoms with E-state index in [1.54, 1.807) is 13.2 Å². The van der Waals surface area contributed by atoms with Gasteiger partial charge in [-0.2, -0.15) is 0 Å². The smallest absolute Gasteiger partial charge is 0.252 e. The lowest BCUT2D eigenvalue weighted by Crippen LogP contribution is -2.41. The number of nitrogens with two attached hydrogens (primary N) is 1. The zero-order chi connectivity index (χ0) is 13.1. The molecule has 1 fully saturated rings. The summed E-state index contributed by atoms with van der Waals surface area (Å²) in [5.74, 6) is 1.10. The summed E-state index contributed by atoms with van der Waals surface area (Å²) in [5.41, 5.74) is 6.26. The van der Waals surface area contributed by atoms with Crippen LogP contribution in [-0.2, 0) is 0 Å². The summed E-state index contributed by atoms with van der Waals surface area (Å²) in [4.78, 5) is 12.2. The molecule has 3 N–H and O–H groups in total. The Morgan fingerprint density at radius 2 is 2.33 bits per heavy atom. The summed E-state index contributed by atoms with van der Waals surface area (Å²) < 4.78 is 5.88. The quantitative estimate of drug-likeness (QED) is 0.873. The zero-order valence-corrected chi connectivity index (χ0v) is 11.9. The first-order valence-electron chi connectivity index (χ1n) is 6.00. The number of nitrogens with one attached hydrogen (secondary N) is 1. The van der Waals surface area contributed by atoms with Gasteiger partial charge in [-0.05, 0) is 52.9 Å². The number of carbonyl (C=O) groups is 1. The highest BCUT2D eigenvalue weighted by Gasteiger charge is 2.31. The van der Waals surface area contributed by atoms with Crippen molar-refractivity contribution in [3.63, 3.8) is 0 Å².